The van der Waals surface area contributed by atoms with Crippen molar-refractivity contribution in [2.45, 2.75) is 26.4 Å². The molecule has 0 saturated heterocycles. The first-order valence-corrected chi connectivity index (χ1v) is 7.93. The van der Waals surface area contributed by atoms with Gasteiger partial charge in [0, 0.05) is 29.7 Å². The zero-order valence-electron chi connectivity index (χ0n) is 13.5. The van der Waals surface area contributed by atoms with Crippen molar-refractivity contribution in [2.75, 3.05) is 6.61 Å². The van der Waals surface area contributed by atoms with Gasteiger partial charge in [0.25, 0.3) is 0 Å². The fraction of sp³-hybridized carbons (Fsp3) is 0.263. The summed E-state index contributed by atoms with van der Waals surface area (Å²) in [5, 5.41) is 4.66. The lowest BCUT2D eigenvalue weighted by Crippen LogP contribution is -2.19. The summed E-state index contributed by atoms with van der Waals surface area (Å²) in [7, 11) is 0. The molecule has 1 aromatic carbocycles. The Morgan fingerprint density at radius 2 is 1.96 bits per heavy atom. The van der Waals surface area contributed by atoms with Gasteiger partial charge in [0.05, 0.1) is 17.8 Å². The van der Waals surface area contributed by atoms with Crippen molar-refractivity contribution in [1.82, 2.24) is 15.3 Å². The summed E-state index contributed by atoms with van der Waals surface area (Å²) in [6.07, 6.45) is 1.75. The molecule has 3 rings (SSSR count). The Bertz CT molecular complexity index is 788. The largest absolute Gasteiger partial charge is 0.478 e. The number of benzene rings is 1. The van der Waals surface area contributed by atoms with E-state index in [0.29, 0.717) is 19.0 Å². The number of hydrogen-bond acceptors (Lipinski definition) is 4. The number of rotatable bonds is 6. The third-order valence-corrected chi connectivity index (χ3v) is 3.79. The molecule has 0 radical (unpaired) electrons. The third-order valence-electron chi connectivity index (χ3n) is 3.79. The smallest absolute Gasteiger partial charge is 0.217 e. The Balaban J connectivity index is 1.72. The molecule has 0 aliphatic rings. The Labute approximate surface area is 136 Å². The summed E-state index contributed by atoms with van der Waals surface area (Å²) < 4.78 is 5.57. The molecule has 4 heteroatoms. The molecule has 1 unspecified atom stereocenters. The van der Waals surface area contributed by atoms with E-state index < -0.39 is 0 Å². The number of fused-ring (bicyclic) bond motifs is 1. The molecule has 3 aromatic rings. The van der Waals surface area contributed by atoms with Crippen molar-refractivity contribution in [3.8, 4) is 5.88 Å². The van der Waals surface area contributed by atoms with Crippen LogP contribution in [-0.2, 0) is 6.54 Å². The van der Waals surface area contributed by atoms with Crippen molar-refractivity contribution in [3.63, 3.8) is 0 Å². The van der Waals surface area contributed by atoms with Crippen LogP contribution < -0.4 is 10.1 Å². The highest BCUT2D eigenvalue weighted by Crippen LogP contribution is 2.19. The van der Waals surface area contributed by atoms with E-state index in [-0.39, 0.29) is 6.04 Å². The molecule has 2 aromatic heterocycles. The Kier molecular flexibility index (Phi) is 4.83. The number of hydrogen-bond donors (Lipinski definition) is 1. The molecule has 0 bridgehead atoms. The van der Waals surface area contributed by atoms with Crippen LogP contribution in [0.1, 0.15) is 31.1 Å². The number of nitrogens with zero attached hydrogens (tertiary/aromatic N) is 2. The zero-order chi connectivity index (χ0) is 16.1. The lowest BCUT2D eigenvalue weighted by Gasteiger charge is -2.15. The summed E-state index contributed by atoms with van der Waals surface area (Å²) in [4.78, 5) is 9.02. The SMILES string of the molecule is CCOc1ncccc1CNC(C)c1ccc2ccccc2n1. The van der Waals surface area contributed by atoms with Gasteiger partial charge in [-0.15, -0.1) is 0 Å². The van der Waals surface area contributed by atoms with Crippen molar-refractivity contribution in [1.29, 1.82) is 0 Å². The summed E-state index contributed by atoms with van der Waals surface area (Å²) in [6.45, 7) is 5.39. The van der Waals surface area contributed by atoms with Crippen LogP contribution in [0.15, 0.2) is 54.7 Å². The Morgan fingerprint density at radius 3 is 2.83 bits per heavy atom. The second-order valence-electron chi connectivity index (χ2n) is 5.43. The predicted molar refractivity (Wildman–Crippen MR) is 92.4 cm³/mol. The lowest BCUT2D eigenvalue weighted by molar-refractivity contribution is 0.321. The molecule has 1 N–H and O–H groups in total. The lowest BCUT2D eigenvalue weighted by atomic mass is 10.1. The van der Waals surface area contributed by atoms with Crippen LogP contribution in [0.4, 0.5) is 0 Å². The van der Waals surface area contributed by atoms with Crippen molar-refractivity contribution in [2.24, 2.45) is 0 Å². The van der Waals surface area contributed by atoms with E-state index in [1.165, 1.54) is 0 Å². The molecule has 2 heterocycles. The molecular weight excluding hydrogens is 286 g/mol. The normalized spacial score (nSPS) is 12.3. The maximum atomic E-state index is 5.57. The summed E-state index contributed by atoms with van der Waals surface area (Å²) >= 11 is 0. The molecule has 0 fully saturated rings. The molecule has 0 amide bonds. The molecule has 118 valence electrons. The first-order chi connectivity index (χ1) is 11.3. The average molecular weight is 307 g/mol. The van der Waals surface area contributed by atoms with Gasteiger partial charge in [-0.25, -0.2) is 4.98 Å². The van der Waals surface area contributed by atoms with Crippen LogP contribution in [0, 0.1) is 0 Å². The second kappa shape index (κ2) is 7.20. The number of nitrogens with one attached hydrogen (secondary N) is 1. The van der Waals surface area contributed by atoms with Crippen molar-refractivity contribution >= 4 is 10.9 Å². The van der Waals surface area contributed by atoms with Gasteiger partial charge in [-0.1, -0.05) is 30.3 Å². The van der Waals surface area contributed by atoms with Crippen LogP contribution >= 0.6 is 0 Å². The van der Waals surface area contributed by atoms with Gasteiger partial charge < -0.3 is 10.1 Å². The highest BCUT2D eigenvalue weighted by molar-refractivity contribution is 5.78. The molecular formula is C19H21N3O. The summed E-state index contributed by atoms with van der Waals surface area (Å²) in [5.41, 5.74) is 3.11. The standard InChI is InChI=1S/C19H21N3O/c1-3-23-19-16(8-6-12-20-19)13-21-14(2)17-11-10-15-7-4-5-9-18(15)22-17/h4-12,14,21H,3,13H2,1-2H3. The van der Waals surface area contributed by atoms with Gasteiger partial charge >= 0.3 is 0 Å². The Hall–Kier alpha value is -2.46. The van der Waals surface area contributed by atoms with Gasteiger partial charge in [0.1, 0.15) is 0 Å². The Morgan fingerprint density at radius 1 is 1.09 bits per heavy atom. The van der Waals surface area contributed by atoms with Crippen molar-refractivity contribution < 1.29 is 4.74 Å². The van der Waals surface area contributed by atoms with Gasteiger partial charge in [-0.2, -0.15) is 0 Å². The molecule has 0 spiro atoms. The second-order valence-corrected chi connectivity index (χ2v) is 5.43. The minimum Gasteiger partial charge on any atom is -0.478 e. The number of pyridine rings is 2. The van der Waals surface area contributed by atoms with Crippen molar-refractivity contribution in [3.05, 3.63) is 66.0 Å². The number of aromatic nitrogens is 2. The van der Waals surface area contributed by atoms with E-state index >= 15 is 0 Å². The highest BCUT2D eigenvalue weighted by atomic mass is 16.5. The van der Waals surface area contributed by atoms with Gasteiger partial charge in [0.2, 0.25) is 5.88 Å². The minimum atomic E-state index is 0.147. The summed E-state index contributed by atoms with van der Waals surface area (Å²) in [6, 6.07) is 16.5. The van der Waals surface area contributed by atoms with E-state index in [1.54, 1.807) is 6.20 Å². The highest BCUT2D eigenvalue weighted by Gasteiger charge is 2.10. The molecule has 0 saturated carbocycles. The molecule has 4 nitrogen and oxygen atoms in total. The van der Waals surface area contributed by atoms with Crippen LogP contribution in [0.2, 0.25) is 0 Å². The molecule has 23 heavy (non-hydrogen) atoms. The minimum absolute atomic E-state index is 0.147. The number of ether oxygens (including phenoxy) is 1. The fourth-order valence-corrected chi connectivity index (χ4v) is 2.52. The van der Waals surface area contributed by atoms with E-state index in [4.69, 9.17) is 9.72 Å². The molecule has 0 aliphatic heterocycles. The van der Waals surface area contributed by atoms with Crippen LogP contribution in [0.3, 0.4) is 0 Å². The monoisotopic (exact) mass is 307 g/mol. The first kappa shape index (κ1) is 15.4. The van der Waals surface area contributed by atoms with Gasteiger partial charge in [-0.3, -0.25) is 4.98 Å². The molecule has 1 atom stereocenters. The van der Waals surface area contributed by atoms with Crippen LogP contribution in [-0.4, -0.2) is 16.6 Å². The maximum absolute atomic E-state index is 5.57. The van der Waals surface area contributed by atoms with Gasteiger partial charge in [-0.05, 0) is 32.0 Å². The first-order valence-electron chi connectivity index (χ1n) is 7.93. The van der Waals surface area contributed by atoms with Gasteiger partial charge in [0.15, 0.2) is 0 Å². The van der Waals surface area contributed by atoms with Crippen LogP contribution in [0.25, 0.3) is 10.9 Å². The van der Waals surface area contributed by atoms with E-state index in [9.17, 15) is 0 Å². The fourth-order valence-electron chi connectivity index (χ4n) is 2.52. The summed E-state index contributed by atoms with van der Waals surface area (Å²) in [5.74, 6) is 0.696. The van der Waals surface area contributed by atoms with Crippen LogP contribution in [0.5, 0.6) is 5.88 Å². The van der Waals surface area contributed by atoms with E-state index in [1.807, 2.05) is 37.3 Å². The maximum Gasteiger partial charge on any atom is 0.217 e. The van der Waals surface area contributed by atoms with E-state index in [0.717, 1.165) is 22.2 Å². The van der Waals surface area contributed by atoms with E-state index in [2.05, 4.69) is 35.4 Å². The number of para-hydroxylation sites is 1. The third kappa shape index (κ3) is 3.66. The molecule has 0 aliphatic carbocycles. The zero-order valence-corrected chi connectivity index (χ0v) is 13.5. The topological polar surface area (TPSA) is 47.0 Å². The quantitative estimate of drug-likeness (QED) is 0.751. The predicted octanol–water partition coefficient (Wildman–Crippen LogP) is 3.88. The average Bonchev–Trinajstić information content (AvgIpc) is 2.60.